The summed E-state index contributed by atoms with van der Waals surface area (Å²) in [5.74, 6) is -0.908. The van der Waals surface area contributed by atoms with Crippen molar-refractivity contribution in [3.63, 3.8) is 0 Å². The van der Waals surface area contributed by atoms with Crippen molar-refractivity contribution in [2.45, 2.75) is 32.9 Å². The molecule has 0 bridgehead atoms. The molecule has 1 aromatic rings. The smallest absolute Gasteiger partial charge is 0.308 e. The Labute approximate surface area is 93.4 Å². The quantitative estimate of drug-likeness (QED) is 0.778. The predicted octanol–water partition coefficient (Wildman–Crippen LogP) is 0.275. The van der Waals surface area contributed by atoms with Crippen LogP contribution in [0.3, 0.4) is 0 Å². The van der Waals surface area contributed by atoms with Gasteiger partial charge in [0.1, 0.15) is 5.60 Å². The van der Waals surface area contributed by atoms with Gasteiger partial charge in [0.05, 0.1) is 12.5 Å². The van der Waals surface area contributed by atoms with E-state index in [1.54, 1.807) is 14.0 Å². The molecule has 16 heavy (non-hydrogen) atoms. The molecule has 0 saturated carbocycles. The molecule has 0 radical (unpaired) electrons. The summed E-state index contributed by atoms with van der Waals surface area (Å²) in [5, 5.41) is 20.0. The van der Waals surface area contributed by atoms with Gasteiger partial charge in [0.25, 0.3) is 0 Å². The van der Waals surface area contributed by atoms with Crippen LogP contribution in [0.25, 0.3) is 0 Å². The molecule has 0 aliphatic carbocycles. The molecule has 7 heteroatoms. The molecule has 1 heterocycles. The van der Waals surface area contributed by atoms with E-state index in [2.05, 4.69) is 15.5 Å². The van der Waals surface area contributed by atoms with Crippen LogP contribution in [-0.4, -0.2) is 38.4 Å². The van der Waals surface area contributed by atoms with Crippen LogP contribution in [0.15, 0.2) is 0 Å². The van der Waals surface area contributed by atoms with E-state index in [0.717, 1.165) is 0 Å². The van der Waals surface area contributed by atoms with E-state index >= 15 is 0 Å². The second-order valence-electron chi connectivity index (χ2n) is 4.14. The molecular formula is C9H16N4O3. The number of hydrogen-bond donors (Lipinski definition) is 1. The first-order chi connectivity index (χ1) is 7.38. The van der Waals surface area contributed by atoms with Gasteiger partial charge in [0.2, 0.25) is 0 Å². The van der Waals surface area contributed by atoms with Crippen LogP contribution in [0.5, 0.6) is 0 Å². The summed E-state index contributed by atoms with van der Waals surface area (Å²) in [5.41, 5.74) is -0.637. The fraction of sp³-hybridized carbons (Fsp3) is 0.778. The van der Waals surface area contributed by atoms with E-state index in [1.165, 1.54) is 4.68 Å². The minimum absolute atomic E-state index is 0.227. The van der Waals surface area contributed by atoms with E-state index in [4.69, 9.17) is 9.84 Å². The predicted molar refractivity (Wildman–Crippen MR) is 54.7 cm³/mol. The summed E-state index contributed by atoms with van der Waals surface area (Å²) in [6.45, 7) is 5.47. The SMILES string of the molecule is COC(C)(C)c1nnnn1CC(C)C(=O)O. The Bertz CT molecular complexity index is 375. The van der Waals surface area contributed by atoms with Crippen molar-refractivity contribution in [3.8, 4) is 0 Å². The van der Waals surface area contributed by atoms with E-state index in [0.29, 0.717) is 5.82 Å². The third-order valence-corrected chi connectivity index (χ3v) is 2.45. The van der Waals surface area contributed by atoms with Gasteiger partial charge in [-0.3, -0.25) is 4.79 Å². The van der Waals surface area contributed by atoms with Gasteiger partial charge in [0, 0.05) is 7.11 Å². The number of aromatic nitrogens is 4. The molecule has 90 valence electrons. The zero-order valence-corrected chi connectivity index (χ0v) is 9.84. The first kappa shape index (κ1) is 12.6. The van der Waals surface area contributed by atoms with Gasteiger partial charge in [-0.2, -0.15) is 0 Å². The number of rotatable bonds is 5. The molecule has 0 spiro atoms. The van der Waals surface area contributed by atoms with Gasteiger partial charge in [-0.25, -0.2) is 4.68 Å². The number of ether oxygens (including phenoxy) is 1. The number of carboxylic acid groups (broad SMARTS) is 1. The number of nitrogens with zero attached hydrogens (tertiary/aromatic N) is 4. The Morgan fingerprint density at radius 3 is 2.75 bits per heavy atom. The Morgan fingerprint density at radius 2 is 2.25 bits per heavy atom. The third kappa shape index (κ3) is 2.54. The summed E-state index contributed by atoms with van der Waals surface area (Å²) in [6.07, 6.45) is 0. The van der Waals surface area contributed by atoms with Gasteiger partial charge in [0.15, 0.2) is 5.82 Å². The largest absolute Gasteiger partial charge is 0.481 e. The zero-order valence-electron chi connectivity index (χ0n) is 9.84. The van der Waals surface area contributed by atoms with Crippen molar-refractivity contribution in [2.75, 3.05) is 7.11 Å². The molecule has 7 nitrogen and oxygen atoms in total. The Balaban J connectivity index is 2.91. The minimum atomic E-state index is -0.878. The van der Waals surface area contributed by atoms with Crippen molar-refractivity contribution in [1.29, 1.82) is 0 Å². The number of tetrazole rings is 1. The van der Waals surface area contributed by atoms with Crippen LogP contribution < -0.4 is 0 Å². The maximum absolute atomic E-state index is 10.7. The Hall–Kier alpha value is -1.50. The number of carbonyl (C=O) groups is 1. The van der Waals surface area contributed by atoms with Gasteiger partial charge in [-0.15, -0.1) is 5.10 Å². The molecule has 0 aliphatic heterocycles. The van der Waals surface area contributed by atoms with Crippen LogP contribution in [-0.2, 0) is 21.7 Å². The minimum Gasteiger partial charge on any atom is -0.481 e. The molecule has 0 fully saturated rings. The van der Waals surface area contributed by atoms with Crippen LogP contribution >= 0.6 is 0 Å². The van der Waals surface area contributed by atoms with Crippen LogP contribution in [0.2, 0.25) is 0 Å². The van der Waals surface area contributed by atoms with Gasteiger partial charge in [-0.1, -0.05) is 6.92 Å². The van der Waals surface area contributed by atoms with Crippen molar-refractivity contribution >= 4 is 5.97 Å². The number of methoxy groups -OCH3 is 1. The maximum Gasteiger partial charge on any atom is 0.308 e. The highest BCUT2D eigenvalue weighted by Gasteiger charge is 2.28. The standard InChI is InChI=1S/C9H16N4O3/c1-6(7(14)15)5-13-8(10-11-12-13)9(2,3)16-4/h6H,5H2,1-4H3,(H,14,15). The average molecular weight is 228 g/mol. The van der Waals surface area contributed by atoms with Gasteiger partial charge >= 0.3 is 5.97 Å². The van der Waals surface area contributed by atoms with Crippen LogP contribution in [0.4, 0.5) is 0 Å². The van der Waals surface area contributed by atoms with Crippen molar-refractivity contribution in [1.82, 2.24) is 20.2 Å². The van der Waals surface area contributed by atoms with Crippen LogP contribution in [0.1, 0.15) is 26.6 Å². The fourth-order valence-corrected chi connectivity index (χ4v) is 1.19. The molecular weight excluding hydrogens is 212 g/mol. The van der Waals surface area contributed by atoms with E-state index in [9.17, 15) is 4.79 Å². The van der Waals surface area contributed by atoms with Crippen molar-refractivity contribution in [3.05, 3.63) is 5.82 Å². The summed E-state index contributed by atoms with van der Waals surface area (Å²) in [7, 11) is 1.56. The maximum atomic E-state index is 10.7. The molecule has 1 rings (SSSR count). The second-order valence-corrected chi connectivity index (χ2v) is 4.14. The lowest BCUT2D eigenvalue weighted by atomic mass is 10.1. The molecule has 1 atom stereocenters. The molecule has 1 N–H and O–H groups in total. The van der Waals surface area contributed by atoms with E-state index < -0.39 is 17.5 Å². The van der Waals surface area contributed by atoms with Crippen molar-refractivity contribution in [2.24, 2.45) is 5.92 Å². The van der Waals surface area contributed by atoms with E-state index in [-0.39, 0.29) is 6.54 Å². The lowest BCUT2D eigenvalue weighted by Gasteiger charge is -2.21. The van der Waals surface area contributed by atoms with Gasteiger partial charge < -0.3 is 9.84 Å². The average Bonchev–Trinajstić information content (AvgIpc) is 2.66. The number of carboxylic acids is 1. The normalized spacial score (nSPS) is 13.8. The summed E-state index contributed by atoms with van der Waals surface area (Å²) >= 11 is 0. The second kappa shape index (κ2) is 4.56. The highest BCUT2D eigenvalue weighted by atomic mass is 16.5. The Kier molecular flexibility index (Phi) is 3.58. The van der Waals surface area contributed by atoms with Gasteiger partial charge in [-0.05, 0) is 24.3 Å². The number of hydrogen-bond acceptors (Lipinski definition) is 5. The molecule has 1 aromatic heterocycles. The molecule has 0 aliphatic rings. The summed E-state index contributed by atoms with van der Waals surface area (Å²) in [6, 6.07) is 0. The summed E-state index contributed by atoms with van der Waals surface area (Å²) in [4.78, 5) is 10.7. The summed E-state index contributed by atoms with van der Waals surface area (Å²) < 4.78 is 6.71. The zero-order chi connectivity index (χ0) is 12.3. The highest BCUT2D eigenvalue weighted by molar-refractivity contribution is 5.69. The molecule has 1 unspecified atom stereocenters. The topological polar surface area (TPSA) is 90.1 Å². The monoisotopic (exact) mass is 228 g/mol. The number of aliphatic carboxylic acids is 1. The lowest BCUT2D eigenvalue weighted by molar-refractivity contribution is -0.141. The molecule has 0 saturated heterocycles. The lowest BCUT2D eigenvalue weighted by Crippen LogP contribution is -2.28. The van der Waals surface area contributed by atoms with Crippen LogP contribution in [0, 0.1) is 5.92 Å². The Morgan fingerprint density at radius 1 is 1.62 bits per heavy atom. The third-order valence-electron chi connectivity index (χ3n) is 2.45. The first-order valence-corrected chi connectivity index (χ1v) is 4.93. The van der Waals surface area contributed by atoms with E-state index in [1.807, 2.05) is 13.8 Å². The molecule has 0 aromatic carbocycles. The fourth-order valence-electron chi connectivity index (χ4n) is 1.19. The van der Waals surface area contributed by atoms with Crippen molar-refractivity contribution < 1.29 is 14.6 Å². The first-order valence-electron chi connectivity index (χ1n) is 4.93. The molecule has 0 amide bonds. The highest BCUT2D eigenvalue weighted by Crippen LogP contribution is 2.21.